The van der Waals surface area contributed by atoms with Gasteiger partial charge in [-0.1, -0.05) is 19.3 Å². The number of hydrogen-bond acceptors (Lipinski definition) is 4. The maximum Gasteiger partial charge on any atom is 0.227 e. The first kappa shape index (κ1) is 17.0. The highest BCUT2D eigenvalue weighted by Gasteiger charge is 2.20. The summed E-state index contributed by atoms with van der Waals surface area (Å²) in [6, 6.07) is 9.87. The van der Waals surface area contributed by atoms with Crippen molar-refractivity contribution in [2.45, 2.75) is 56.0 Å². The quantitative estimate of drug-likeness (QED) is 0.814. The molecule has 1 amide bonds. The fraction of sp³-hybridized carbons (Fsp3) is 0.421. The van der Waals surface area contributed by atoms with Crippen molar-refractivity contribution in [3.63, 3.8) is 0 Å². The SMILES string of the molecule is Cc1cc(C)nc(Sc2ccc(NC(=O)C3CCCCC3)cc2)n1. The number of aryl methyl sites for hydroxylation is 2. The molecule has 0 unspecified atom stereocenters. The van der Waals surface area contributed by atoms with Crippen LogP contribution in [-0.2, 0) is 4.79 Å². The lowest BCUT2D eigenvalue weighted by atomic mass is 9.88. The molecule has 1 N–H and O–H groups in total. The van der Waals surface area contributed by atoms with E-state index in [1.54, 1.807) is 0 Å². The number of nitrogens with one attached hydrogen (secondary N) is 1. The second-order valence-corrected chi connectivity index (χ2v) is 7.42. The topological polar surface area (TPSA) is 54.9 Å². The molecule has 5 heteroatoms. The molecule has 2 aromatic rings. The molecular weight excluding hydrogens is 318 g/mol. The molecule has 126 valence electrons. The molecule has 3 rings (SSSR count). The first-order chi connectivity index (χ1) is 11.6. The van der Waals surface area contributed by atoms with Gasteiger partial charge in [0, 0.05) is 27.9 Å². The van der Waals surface area contributed by atoms with Gasteiger partial charge in [0.1, 0.15) is 0 Å². The number of aromatic nitrogens is 2. The Bertz CT molecular complexity index is 689. The second kappa shape index (κ2) is 7.79. The Morgan fingerprint density at radius 1 is 1.04 bits per heavy atom. The van der Waals surface area contributed by atoms with Gasteiger partial charge in [-0.2, -0.15) is 0 Å². The third-order valence-corrected chi connectivity index (χ3v) is 5.14. The van der Waals surface area contributed by atoms with Crippen LogP contribution in [0.5, 0.6) is 0 Å². The Kier molecular flexibility index (Phi) is 5.51. The molecular formula is C19H23N3OS. The number of benzene rings is 1. The third kappa shape index (κ3) is 4.57. The van der Waals surface area contributed by atoms with Crippen LogP contribution in [0.1, 0.15) is 43.5 Å². The monoisotopic (exact) mass is 341 g/mol. The molecule has 0 saturated heterocycles. The van der Waals surface area contributed by atoms with Gasteiger partial charge in [0.05, 0.1) is 0 Å². The minimum absolute atomic E-state index is 0.160. The highest BCUT2D eigenvalue weighted by atomic mass is 32.2. The van der Waals surface area contributed by atoms with E-state index < -0.39 is 0 Å². The summed E-state index contributed by atoms with van der Waals surface area (Å²) in [7, 11) is 0. The van der Waals surface area contributed by atoms with Gasteiger partial charge in [-0.25, -0.2) is 9.97 Å². The number of anilines is 1. The first-order valence-electron chi connectivity index (χ1n) is 8.51. The van der Waals surface area contributed by atoms with Gasteiger partial charge in [0.2, 0.25) is 5.91 Å². The van der Waals surface area contributed by atoms with Crippen molar-refractivity contribution in [3.8, 4) is 0 Å². The molecule has 0 spiro atoms. The van der Waals surface area contributed by atoms with E-state index in [1.165, 1.54) is 31.0 Å². The van der Waals surface area contributed by atoms with Gasteiger partial charge in [-0.15, -0.1) is 0 Å². The minimum atomic E-state index is 0.160. The van der Waals surface area contributed by atoms with E-state index in [4.69, 9.17) is 0 Å². The van der Waals surface area contributed by atoms with Crippen LogP contribution in [0.3, 0.4) is 0 Å². The Morgan fingerprint density at radius 2 is 1.67 bits per heavy atom. The van der Waals surface area contributed by atoms with Crippen molar-refractivity contribution in [2.24, 2.45) is 5.92 Å². The van der Waals surface area contributed by atoms with E-state index >= 15 is 0 Å². The second-order valence-electron chi connectivity index (χ2n) is 6.38. The summed E-state index contributed by atoms with van der Waals surface area (Å²) in [5.74, 6) is 0.337. The number of amides is 1. The molecule has 4 nitrogen and oxygen atoms in total. The molecule has 1 fully saturated rings. The van der Waals surface area contributed by atoms with Gasteiger partial charge in [0.25, 0.3) is 0 Å². The van der Waals surface area contributed by atoms with Crippen LogP contribution in [0.25, 0.3) is 0 Å². The molecule has 0 radical (unpaired) electrons. The van der Waals surface area contributed by atoms with E-state index in [9.17, 15) is 4.79 Å². The molecule has 0 aliphatic heterocycles. The number of rotatable bonds is 4. The van der Waals surface area contributed by atoms with E-state index in [2.05, 4.69) is 15.3 Å². The molecule has 1 aromatic carbocycles. The average molecular weight is 341 g/mol. The number of hydrogen-bond donors (Lipinski definition) is 1. The number of carbonyl (C=O) groups is 1. The molecule has 0 bridgehead atoms. The number of carbonyl (C=O) groups excluding carboxylic acids is 1. The summed E-state index contributed by atoms with van der Waals surface area (Å²) in [5.41, 5.74) is 2.80. The zero-order valence-corrected chi connectivity index (χ0v) is 15.0. The van der Waals surface area contributed by atoms with Gasteiger partial charge in [-0.05, 0) is 68.8 Å². The molecule has 1 heterocycles. The summed E-state index contributed by atoms with van der Waals surface area (Å²) in [4.78, 5) is 22.2. The van der Waals surface area contributed by atoms with E-state index in [0.717, 1.165) is 40.0 Å². The zero-order chi connectivity index (χ0) is 16.9. The predicted octanol–water partition coefficient (Wildman–Crippen LogP) is 4.76. The standard InChI is InChI=1S/C19H23N3OS/c1-13-12-14(2)21-19(20-13)24-17-10-8-16(9-11-17)22-18(23)15-6-4-3-5-7-15/h8-12,15H,3-7H2,1-2H3,(H,22,23). The predicted molar refractivity (Wildman–Crippen MR) is 97.3 cm³/mol. The first-order valence-corrected chi connectivity index (χ1v) is 9.33. The fourth-order valence-electron chi connectivity index (χ4n) is 3.06. The molecule has 1 saturated carbocycles. The molecule has 1 aromatic heterocycles. The number of nitrogens with zero attached hydrogens (tertiary/aromatic N) is 2. The summed E-state index contributed by atoms with van der Waals surface area (Å²) in [6.07, 6.45) is 5.64. The molecule has 1 aliphatic rings. The summed E-state index contributed by atoms with van der Waals surface area (Å²) in [6.45, 7) is 3.95. The highest BCUT2D eigenvalue weighted by molar-refractivity contribution is 7.99. The fourth-order valence-corrected chi connectivity index (χ4v) is 3.92. The van der Waals surface area contributed by atoms with Gasteiger partial charge in [0.15, 0.2) is 5.16 Å². The summed E-state index contributed by atoms with van der Waals surface area (Å²) >= 11 is 1.54. The van der Waals surface area contributed by atoms with Crippen molar-refractivity contribution in [1.82, 2.24) is 9.97 Å². The van der Waals surface area contributed by atoms with Crippen molar-refractivity contribution in [1.29, 1.82) is 0 Å². The van der Waals surface area contributed by atoms with E-state index in [1.807, 2.05) is 44.2 Å². The third-order valence-electron chi connectivity index (χ3n) is 4.27. The Balaban J connectivity index is 1.61. The van der Waals surface area contributed by atoms with Crippen LogP contribution in [0.4, 0.5) is 5.69 Å². The molecule has 0 atom stereocenters. The zero-order valence-electron chi connectivity index (χ0n) is 14.2. The van der Waals surface area contributed by atoms with Crippen LogP contribution in [0.15, 0.2) is 40.4 Å². The summed E-state index contributed by atoms with van der Waals surface area (Å²) in [5, 5.41) is 3.80. The lowest BCUT2D eigenvalue weighted by molar-refractivity contribution is -0.120. The van der Waals surface area contributed by atoms with Crippen LogP contribution in [0, 0.1) is 19.8 Å². The van der Waals surface area contributed by atoms with E-state index in [-0.39, 0.29) is 11.8 Å². The van der Waals surface area contributed by atoms with Gasteiger partial charge >= 0.3 is 0 Å². The average Bonchev–Trinajstić information content (AvgIpc) is 2.56. The largest absolute Gasteiger partial charge is 0.326 e. The molecule has 24 heavy (non-hydrogen) atoms. The lowest BCUT2D eigenvalue weighted by Gasteiger charge is -2.20. The minimum Gasteiger partial charge on any atom is -0.326 e. The van der Waals surface area contributed by atoms with E-state index in [0.29, 0.717) is 0 Å². The Labute approximate surface area is 147 Å². The summed E-state index contributed by atoms with van der Waals surface area (Å²) < 4.78 is 0. The maximum absolute atomic E-state index is 12.3. The van der Waals surface area contributed by atoms with Crippen molar-refractivity contribution in [2.75, 3.05) is 5.32 Å². The van der Waals surface area contributed by atoms with Crippen LogP contribution < -0.4 is 5.32 Å². The Hall–Kier alpha value is -1.88. The van der Waals surface area contributed by atoms with Crippen molar-refractivity contribution < 1.29 is 4.79 Å². The van der Waals surface area contributed by atoms with Crippen molar-refractivity contribution >= 4 is 23.4 Å². The van der Waals surface area contributed by atoms with Crippen LogP contribution >= 0.6 is 11.8 Å². The maximum atomic E-state index is 12.3. The van der Waals surface area contributed by atoms with Crippen LogP contribution in [0.2, 0.25) is 0 Å². The highest BCUT2D eigenvalue weighted by Crippen LogP contribution is 2.28. The van der Waals surface area contributed by atoms with Gasteiger partial charge in [-0.3, -0.25) is 4.79 Å². The normalized spacial score (nSPS) is 15.2. The van der Waals surface area contributed by atoms with Gasteiger partial charge < -0.3 is 5.32 Å². The molecule has 1 aliphatic carbocycles. The van der Waals surface area contributed by atoms with Crippen LogP contribution in [-0.4, -0.2) is 15.9 Å². The Morgan fingerprint density at radius 3 is 2.29 bits per heavy atom. The smallest absolute Gasteiger partial charge is 0.227 e. The lowest BCUT2D eigenvalue weighted by Crippen LogP contribution is -2.24. The van der Waals surface area contributed by atoms with Crippen molar-refractivity contribution in [3.05, 3.63) is 41.7 Å².